The standard InChI is InChI=1S/C16H27N3O3/c20-15(16(21)18-13-1-2-13)17-11-12-3-7-19(8-4-12)14-5-9-22-10-6-14/h12-14H,1-11H2,(H,17,20)(H,18,21). The summed E-state index contributed by atoms with van der Waals surface area (Å²) in [6.45, 7) is 4.59. The van der Waals surface area contributed by atoms with Crippen molar-refractivity contribution >= 4 is 11.8 Å². The van der Waals surface area contributed by atoms with E-state index in [1.807, 2.05) is 0 Å². The molecule has 6 heteroatoms. The molecule has 2 aliphatic heterocycles. The largest absolute Gasteiger partial charge is 0.381 e. The van der Waals surface area contributed by atoms with Crippen LogP contribution in [0.5, 0.6) is 0 Å². The summed E-state index contributed by atoms with van der Waals surface area (Å²) in [5, 5.41) is 5.51. The third kappa shape index (κ3) is 4.43. The molecule has 2 N–H and O–H groups in total. The van der Waals surface area contributed by atoms with Crippen LogP contribution >= 0.6 is 0 Å². The molecule has 0 aromatic carbocycles. The molecular formula is C16H27N3O3. The highest BCUT2D eigenvalue weighted by Gasteiger charge is 2.28. The van der Waals surface area contributed by atoms with E-state index >= 15 is 0 Å². The molecule has 0 aromatic rings. The highest BCUT2D eigenvalue weighted by atomic mass is 16.5. The van der Waals surface area contributed by atoms with Gasteiger partial charge in [0.15, 0.2) is 0 Å². The highest BCUT2D eigenvalue weighted by molar-refractivity contribution is 6.35. The fraction of sp³-hybridized carbons (Fsp3) is 0.875. The van der Waals surface area contributed by atoms with E-state index in [-0.39, 0.29) is 6.04 Å². The maximum Gasteiger partial charge on any atom is 0.309 e. The monoisotopic (exact) mass is 309 g/mol. The predicted octanol–water partition coefficient (Wildman–Crippen LogP) is 0.272. The first-order valence-corrected chi connectivity index (χ1v) is 8.63. The zero-order valence-corrected chi connectivity index (χ0v) is 13.2. The van der Waals surface area contributed by atoms with Gasteiger partial charge < -0.3 is 20.3 Å². The molecule has 6 nitrogen and oxygen atoms in total. The molecule has 0 unspecified atom stereocenters. The molecule has 0 aromatic heterocycles. The van der Waals surface area contributed by atoms with E-state index in [0.29, 0.717) is 18.5 Å². The third-order valence-corrected chi connectivity index (χ3v) is 5.03. The zero-order chi connectivity index (χ0) is 15.4. The van der Waals surface area contributed by atoms with E-state index in [0.717, 1.165) is 64.8 Å². The molecule has 0 radical (unpaired) electrons. The zero-order valence-electron chi connectivity index (χ0n) is 13.2. The summed E-state index contributed by atoms with van der Waals surface area (Å²) in [4.78, 5) is 25.9. The van der Waals surface area contributed by atoms with Gasteiger partial charge in [0.05, 0.1) is 0 Å². The smallest absolute Gasteiger partial charge is 0.309 e. The summed E-state index contributed by atoms with van der Waals surface area (Å²) in [6, 6.07) is 0.912. The first-order valence-electron chi connectivity index (χ1n) is 8.63. The van der Waals surface area contributed by atoms with Crippen LogP contribution < -0.4 is 10.6 Å². The Hall–Kier alpha value is -1.14. The van der Waals surface area contributed by atoms with Crippen molar-refractivity contribution in [1.29, 1.82) is 0 Å². The van der Waals surface area contributed by atoms with Crippen molar-refractivity contribution in [3.63, 3.8) is 0 Å². The van der Waals surface area contributed by atoms with Gasteiger partial charge in [0, 0.05) is 31.8 Å². The highest BCUT2D eigenvalue weighted by Crippen LogP contribution is 2.22. The number of carbonyl (C=O) groups is 2. The number of rotatable bonds is 4. The molecule has 0 bridgehead atoms. The average Bonchev–Trinajstić information content (AvgIpc) is 3.38. The second-order valence-corrected chi connectivity index (χ2v) is 6.78. The van der Waals surface area contributed by atoms with Crippen molar-refractivity contribution in [2.45, 2.75) is 50.6 Å². The van der Waals surface area contributed by atoms with Crippen molar-refractivity contribution in [3.8, 4) is 0 Å². The number of nitrogens with one attached hydrogen (secondary N) is 2. The minimum Gasteiger partial charge on any atom is -0.381 e. The van der Waals surface area contributed by atoms with Crippen LogP contribution in [-0.4, -0.2) is 61.6 Å². The van der Waals surface area contributed by atoms with E-state index < -0.39 is 11.8 Å². The van der Waals surface area contributed by atoms with Gasteiger partial charge in [-0.05, 0) is 57.5 Å². The van der Waals surface area contributed by atoms with Crippen molar-refractivity contribution in [2.24, 2.45) is 5.92 Å². The lowest BCUT2D eigenvalue weighted by atomic mass is 9.94. The molecule has 22 heavy (non-hydrogen) atoms. The van der Waals surface area contributed by atoms with Crippen LogP contribution in [0.1, 0.15) is 38.5 Å². The molecule has 1 saturated carbocycles. The summed E-state index contributed by atoms with van der Waals surface area (Å²) in [5.74, 6) is -0.449. The van der Waals surface area contributed by atoms with Gasteiger partial charge in [-0.3, -0.25) is 9.59 Å². The van der Waals surface area contributed by atoms with Crippen LogP contribution in [0.25, 0.3) is 0 Å². The van der Waals surface area contributed by atoms with Gasteiger partial charge in [0.25, 0.3) is 0 Å². The van der Waals surface area contributed by atoms with Crippen LogP contribution in [0.2, 0.25) is 0 Å². The normalized spacial score (nSPS) is 24.9. The number of hydrogen-bond acceptors (Lipinski definition) is 4. The summed E-state index contributed by atoms with van der Waals surface area (Å²) in [6.07, 6.45) is 6.49. The number of piperidine rings is 1. The molecule has 2 amide bonds. The summed E-state index contributed by atoms with van der Waals surface area (Å²) < 4.78 is 5.42. The molecule has 2 heterocycles. The fourth-order valence-electron chi connectivity index (χ4n) is 3.37. The SMILES string of the molecule is O=C(NCC1CCN(C2CCOCC2)CC1)C(=O)NC1CC1. The van der Waals surface area contributed by atoms with E-state index in [2.05, 4.69) is 15.5 Å². The summed E-state index contributed by atoms with van der Waals surface area (Å²) in [7, 11) is 0. The first kappa shape index (κ1) is 15.7. The van der Waals surface area contributed by atoms with Crippen molar-refractivity contribution in [3.05, 3.63) is 0 Å². The van der Waals surface area contributed by atoms with E-state index in [9.17, 15) is 9.59 Å². The van der Waals surface area contributed by atoms with Crippen molar-refractivity contribution < 1.29 is 14.3 Å². The summed E-state index contributed by atoms with van der Waals surface area (Å²) >= 11 is 0. The summed E-state index contributed by atoms with van der Waals surface area (Å²) in [5.41, 5.74) is 0. The third-order valence-electron chi connectivity index (χ3n) is 5.03. The van der Waals surface area contributed by atoms with Crippen molar-refractivity contribution in [1.82, 2.24) is 15.5 Å². The fourth-order valence-corrected chi connectivity index (χ4v) is 3.37. The number of amides is 2. The van der Waals surface area contributed by atoms with Crippen LogP contribution in [0.3, 0.4) is 0 Å². The van der Waals surface area contributed by atoms with Crippen LogP contribution in [-0.2, 0) is 14.3 Å². The first-order chi connectivity index (χ1) is 10.7. The Bertz CT molecular complexity index is 397. The Kier molecular flexibility index (Phi) is 5.31. The van der Waals surface area contributed by atoms with E-state index in [1.165, 1.54) is 0 Å². The second kappa shape index (κ2) is 7.42. The van der Waals surface area contributed by atoms with Gasteiger partial charge in [-0.2, -0.15) is 0 Å². The minimum atomic E-state index is -0.473. The molecule has 3 fully saturated rings. The maximum atomic E-state index is 11.7. The minimum absolute atomic E-state index is 0.237. The van der Waals surface area contributed by atoms with Gasteiger partial charge in [-0.25, -0.2) is 0 Å². The van der Waals surface area contributed by atoms with E-state index in [1.54, 1.807) is 0 Å². The molecule has 0 atom stereocenters. The van der Waals surface area contributed by atoms with Crippen LogP contribution in [0, 0.1) is 5.92 Å². The lowest BCUT2D eigenvalue weighted by Gasteiger charge is -2.39. The lowest BCUT2D eigenvalue weighted by Crippen LogP contribution is -2.47. The number of nitrogens with zero attached hydrogens (tertiary/aromatic N) is 1. The van der Waals surface area contributed by atoms with Gasteiger partial charge in [0.1, 0.15) is 0 Å². The molecule has 2 saturated heterocycles. The van der Waals surface area contributed by atoms with Gasteiger partial charge in [-0.1, -0.05) is 0 Å². The van der Waals surface area contributed by atoms with Gasteiger partial charge >= 0.3 is 11.8 Å². The molecule has 0 spiro atoms. The predicted molar refractivity (Wildman–Crippen MR) is 82.3 cm³/mol. The quantitative estimate of drug-likeness (QED) is 0.732. The van der Waals surface area contributed by atoms with E-state index in [4.69, 9.17) is 4.74 Å². The Balaban J connectivity index is 1.33. The Morgan fingerprint density at radius 2 is 1.64 bits per heavy atom. The molecule has 1 aliphatic carbocycles. The van der Waals surface area contributed by atoms with Crippen LogP contribution in [0.4, 0.5) is 0 Å². The molecular weight excluding hydrogens is 282 g/mol. The Morgan fingerprint density at radius 3 is 2.27 bits per heavy atom. The number of likely N-dealkylation sites (tertiary alicyclic amines) is 1. The van der Waals surface area contributed by atoms with Crippen LogP contribution in [0.15, 0.2) is 0 Å². The van der Waals surface area contributed by atoms with Crippen molar-refractivity contribution in [2.75, 3.05) is 32.8 Å². The Morgan fingerprint density at radius 1 is 0.955 bits per heavy atom. The molecule has 3 rings (SSSR count). The number of ether oxygens (including phenoxy) is 1. The number of carbonyl (C=O) groups excluding carboxylic acids is 2. The molecule has 3 aliphatic rings. The number of hydrogen-bond donors (Lipinski definition) is 2. The van der Waals surface area contributed by atoms with Gasteiger partial charge in [0.2, 0.25) is 0 Å². The molecule has 124 valence electrons. The Labute approximate surface area is 131 Å². The topological polar surface area (TPSA) is 70.7 Å². The van der Waals surface area contributed by atoms with Gasteiger partial charge in [-0.15, -0.1) is 0 Å². The second-order valence-electron chi connectivity index (χ2n) is 6.78. The maximum absolute atomic E-state index is 11.7. The average molecular weight is 309 g/mol. The lowest BCUT2D eigenvalue weighted by molar-refractivity contribution is -0.139.